The third-order valence-corrected chi connectivity index (χ3v) is 5.86. The molecule has 21 heavy (non-hydrogen) atoms. The Morgan fingerprint density at radius 3 is 2.86 bits per heavy atom. The van der Waals surface area contributed by atoms with Crippen molar-refractivity contribution in [1.29, 1.82) is 0 Å². The monoisotopic (exact) mass is 305 g/mol. The largest absolute Gasteiger partial charge is 0.394 e. The Balaban J connectivity index is 1.60. The number of hydrogen-bond acceptors (Lipinski definition) is 3. The minimum Gasteiger partial charge on any atom is -0.394 e. The van der Waals surface area contributed by atoms with Crippen molar-refractivity contribution in [3.63, 3.8) is 0 Å². The number of amides is 1. The minimum atomic E-state index is -0.0848. The van der Waals surface area contributed by atoms with Crippen LogP contribution < -0.4 is 5.32 Å². The lowest BCUT2D eigenvalue weighted by Crippen LogP contribution is -2.41. The van der Waals surface area contributed by atoms with Gasteiger partial charge in [0.2, 0.25) is 5.91 Å². The van der Waals surface area contributed by atoms with Gasteiger partial charge in [0.25, 0.3) is 0 Å². The highest BCUT2D eigenvalue weighted by Crippen LogP contribution is 2.39. The van der Waals surface area contributed by atoms with E-state index in [-0.39, 0.29) is 24.5 Å². The van der Waals surface area contributed by atoms with E-state index in [0.717, 1.165) is 17.7 Å². The van der Waals surface area contributed by atoms with Gasteiger partial charge in [-0.2, -0.15) is 0 Å². The molecule has 3 nitrogen and oxygen atoms in total. The average Bonchev–Trinajstić information content (AvgIpc) is 3.15. The van der Waals surface area contributed by atoms with E-state index in [1.807, 2.05) is 18.2 Å². The fourth-order valence-corrected chi connectivity index (χ4v) is 4.74. The van der Waals surface area contributed by atoms with Gasteiger partial charge in [0.15, 0.2) is 0 Å². The summed E-state index contributed by atoms with van der Waals surface area (Å²) in [6.45, 7) is 0.0454. The standard InChI is InChI=1S/C17H23NO2S/c19-10-13(9-12-5-1-2-6-12)18-17(20)15-11-21-16-8-4-3-7-14(15)16/h3-4,7-8,12-13,15,19H,1-2,5-6,9-11H2,(H,18,20). The molecule has 1 saturated carbocycles. The Bertz CT molecular complexity index is 499. The van der Waals surface area contributed by atoms with E-state index in [1.165, 1.54) is 30.6 Å². The van der Waals surface area contributed by atoms with Crippen molar-refractivity contribution in [2.45, 2.75) is 49.0 Å². The molecule has 3 rings (SSSR count). The molecule has 2 N–H and O–H groups in total. The molecule has 1 fully saturated rings. The summed E-state index contributed by atoms with van der Waals surface area (Å²) in [5, 5.41) is 12.6. The lowest BCUT2D eigenvalue weighted by atomic mass is 9.96. The van der Waals surface area contributed by atoms with Crippen molar-refractivity contribution < 1.29 is 9.90 Å². The third kappa shape index (κ3) is 3.43. The van der Waals surface area contributed by atoms with Crippen LogP contribution in [0.1, 0.15) is 43.6 Å². The van der Waals surface area contributed by atoms with Gasteiger partial charge in [-0.1, -0.05) is 43.9 Å². The molecule has 4 heteroatoms. The fourth-order valence-electron chi connectivity index (χ4n) is 3.51. The van der Waals surface area contributed by atoms with Crippen LogP contribution in [0.3, 0.4) is 0 Å². The smallest absolute Gasteiger partial charge is 0.228 e. The average molecular weight is 305 g/mol. The van der Waals surface area contributed by atoms with Crippen LogP contribution in [0.25, 0.3) is 0 Å². The van der Waals surface area contributed by atoms with Crippen molar-refractivity contribution in [1.82, 2.24) is 5.32 Å². The molecule has 114 valence electrons. The molecule has 1 aliphatic carbocycles. The van der Waals surface area contributed by atoms with Gasteiger partial charge in [-0.05, 0) is 24.0 Å². The van der Waals surface area contributed by atoms with Gasteiger partial charge in [-0.25, -0.2) is 0 Å². The zero-order valence-corrected chi connectivity index (χ0v) is 13.1. The van der Waals surface area contributed by atoms with Crippen LogP contribution in [0.2, 0.25) is 0 Å². The summed E-state index contributed by atoms with van der Waals surface area (Å²) in [5.74, 6) is 1.49. The SMILES string of the molecule is O=C(NC(CO)CC1CCCC1)C1CSc2ccccc21. The molecule has 1 heterocycles. The van der Waals surface area contributed by atoms with Crippen molar-refractivity contribution in [2.24, 2.45) is 5.92 Å². The first-order chi connectivity index (χ1) is 10.3. The lowest BCUT2D eigenvalue weighted by molar-refractivity contribution is -0.123. The maximum Gasteiger partial charge on any atom is 0.228 e. The van der Waals surface area contributed by atoms with E-state index in [9.17, 15) is 9.90 Å². The summed E-state index contributed by atoms with van der Waals surface area (Å²) in [5.41, 5.74) is 1.14. The minimum absolute atomic E-state index is 0.0454. The summed E-state index contributed by atoms with van der Waals surface area (Å²) in [7, 11) is 0. The molecule has 1 amide bonds. The van der Waals surface area contributed by atoms with Crippen LogP contribution in [0.5, 0.6) is 0 Å². The molecule has 2 atom stereocenters. The van der Waals surface area contributed by atoms with E-state index in [0.29, 0.717) is 5.92 Å². The van der Waals surface area contributed by atoms with E-state index >= 15 is 0 Å². The highest BCUT2D eigenvalue weighted by atomic mass is 32.2. The number of carbonyl (C=O) groups excluding carboxylic acids is 1. The Hall–Kier alpha value is -1.00. The van der Waals surface area contributed by atoms with E-state index in [4.69, 9.17) is 0 Å². The van der Waals surface area contributed by atoms with Gasteiger partial charge in [0.1, 0.15) is 0 Å². The summed E-state index contributed by atoms with van der Waals surface area (Å²) in [4.78, 5) is 13.7. The van der Waals surface area contributed by atoms with Crippen LogP contribution in [0.4, 0.5) is 0 Å². The molecule has 1 aromatic carbocycles. The first-order valence-electron chi connectivity index (χ1n) is 7.91. The topological polar surface area (TPSA) is 49.3 Å². The number of rotatable bonds is 5. The molecule has 0 radical (unpaired) electrons. The van der Waals surface area contributed by atoms with Crippen LogP contribution in [0.15, 0.2) is 29.2 Å². The Morgan fingerprint density at radius 2 is 2.10 bits per heavy atom. The zero-order chi connectivity index (χ0) is 14.7. The molecule has 2 aliphatic rings. The molecular weight excluding hydrogens is 282 g/mol. The number of carbonyl (C=O) groups is 1. The Labute approximate surface area is 130 Å². The number of thioether (sulfide) groups is 1. The van der Waals surface area contributed by atoms with Gasteiger partial charge in [-0.3, -0.25) is 4.79 Å². The van der Waals surface area contributed by atoms with Crippen molar-refractivity contribution in [3.8, 4) is 0 Å². The molecular formula is C17H23NO2S. The quantitative estimate of drug-likeness (QED) is 0.879. The molecule has 0 saturated heterocycles. The van der Waals surface area contributed by atoms with Crippen LogP contribution in [-0.4, -0.2) is 29.4 Å². The van der Waals surface area contributed by atoms with Crippen LogP contribution >= 0.6 is 11.8 Å². The Morgan fingerprint density at radius 1 is 1.33 bits per heavy atom. The second-order valence-corrected chi connectivity index (χ2v) is 7.24. The Kier molecular flexibility index (Phi) is 4.86. The van der Waals surface area contributed by atoms with Gasteiger partial charge in [0.05, 0.1) is 18.6 Å². The molecule has 1 aromatic rings. The summed E-state index contributed by atoms with van der Waals surface area (Å²) in [6.07, 6.45) is 6.00. The number of nitrogens with one attached hydrogen (secondary N) is 1. The highest BCUT2D eigenvalue weighted by molar-refractivity contribution is 7.99. The number of fused-ring (bicyclic) bond motifs is 1. The summed E-state index contributed by atoms with van der Waals surface area (Å²) < 4.78 is 0. The van der Waals surface area contributed by atoms with Crippen LogP contribution in [0, 0.1) is 5.92 Å². The lowest BCUT2D eigenvalue weighted by Gasteiger charge is -2.22. The van der Waals surface area contributed by atoms with Gasteiger partial charge < -0.3 is 10.4 Å². The summed E-state index contributed by atoms with van der Waals surface area (Å²) in [6, 6.07) is 8.05. The maximum absolute atomic E-state index is 12.5. The normalized spacial score (nSPS) is 23.0. The highest BCUT2D eigenvalue weighted by Gasteiger charge is 2.30. The number of hydrogen-bond donors (Lipinski definition) is 2. The van der Waals surface area contributed by atoms with E-state index < -0.39 is 0 Å². The number of benzene rings is 1. The third-order valence-electron chi connectivity index (χ3n) is 4.68. The van der Waals surface area contributed by atoms with Crippen molar-refractivity contribution in [2.75, 3.05) is 12.4 Å². The number of aliphatic hydroxyl groups excluding tert-OH is 1. The van der Waals surface area contributed by atoms with Crippen molar-refractivity contribution in [3.05, 3.63) is 29.8 Å². The van der Waals surface area contributed by atoms with Gasteiger partial charge in [0, 0.05) is 10.6 Å². The first kappa shape index (κ1) is 14.9. The number of aliphatic hydroxyl groups is 1. The van der Waals surface area contributed by atoms with Gasteiger partial charge in [-0.15, -0.1) is 11.8 Å². The maximum atomic E-state index is 12.5. The first-order valence-corrected chi connectivity index (χ1v) is 8.89. The second kappa shape index (κ2) is 6.84. The van der Waals surface area contributed by atoms with E-state index in [1.54, 1.807) is 11.8 Å². The zero-order valence-electron chi connectivity index (χ0n) is 12.3. The predicted octanol–water partition coefficient (Wildman–Crippen LogP) is 2.93. The van der Waals surface area contributed by atoms with E-state index in [2.05, 4.69) is 11.4 Å². The summed E-state index contributed by atoms with van der Waals surface area (Å²) >= 11 is 1.75. The van der Waals surface area contributed by atoms with Crippen LogP contribution in [-0.2, 0) is 4.79 Å². The molecule has 0 bridgehead atoms. The van der Waals surface area contributed by atoms with Crippen molar-refractivity contribution >= 4 is 17.7 Å². The molecule has 2 unspecified atom stereocenters. The molecule has 1 aliphatic heterocycles. The molecule has 0 spiro atoms. The second-order valence-electron chi connectivity index (χ2n) is 6.18. The fraction of sp³-hybridized carbons (Fsp3) is 0.588. The predicted molar refractivity (Wildman–Crippen MR) is 85.5 cm³/mol. The van der Waals surface area contributed by atoms with Gasteiger partial charge >= 0.3 is 0 Å². The molecule has 0 aromatic heterocycles.